The number of benzene rings is 1. The second-order valence-corrected chi connectivity index (χ2v) is 6.46. The van der Waals surface area contributed by atoms with Crippen LogP contribution < -0.4 is 0 Å². The monoisotopic (exact) mass is 307 g/mol. The van der Waals surface area contributed by atoms with Gasteiger partial charge in [-0.05, 0) is 24.5 Å². The number of rotatable bonds is 3. The van der Waals surface area contributed by atoms with Crippen LogP contribution in [0.5, 0.6) is 0 Å². The van der Waals surface area contributed by atoms with Crippen LogP contribution in [0.1, 0.15) is 31.2 Å². The molecular formula is C17H22ClNO2. The average Bonchev–Trinajstić information content (AvgIpc) is 3.03. The van der Waals surface area contributed by atoms with Crippen LogP contribution in [0, 0.1) is 5.92 Å². The molecule has 3 nitrogen and oxygen atoms in total. The molecule has 1 saturated carbocycles. The Morgan fingerprint density at radius 2 is 2.05 bits per heavy atom. The molecule has 4 heteroatoms. The molecule has 0 N–H and O–H groups in total. The van der Waals surface area contributed by atoms with Gasteiger partial charge in [-0.3, -0.25) is 4.79 Å². The zero-order chi connectivity index (χ0) is 14.7. The maximum absolute atomic E-state index is 12.5. The molecule has 1 amide bonds. The molecule has 2 fully saturated rings. The first-order valence-electron chi connectivity index (χ1n) is 7.88. The molecule has 1 heterocycles. The molecule has 0 bridgehead atoms. The first-order valence-corrected chi connectivity index (χ1v) is 8.25. The molecule has 0 unspecified atom stereocenters. The van der Waals surface area contributed by atoms with Crippen LogP contribution in [-0.4, -0.2) is 36.6 Å². The highest BCUT2D eigenvalue weighted by atomic mass is 35.5. The molecule has 1 aromatic rings. The number of carbonyl (C=O) groups is 1. The van der Waals surface area contributed by atoms with E-state index >= 15 is 0 Å². The Kier molecular flexibility index (Phi) is 4.81. The lowest BCUT2D eigenvalue weighted by molar-refractivity contribution is -0.142. The molecule has 3 rings (SSSR count). The summed E-state index contributed by atoms with van der Waals surface area (Å²) >= 11 is 6.21. The van der Waals surface area contributed by atoms with E-state index in [1.807, 2.05) is 29.2 Å². The number of nitrogens with zero attached hydrogens (tertiary/aromatic N) is 1. The summed E-state index contributed by atoms with van der Waals surface area (Å²) < 4.78 is 5.83. The normalized spacial score (nSPS) is 23.5. The van der Waals surface area contributed by atoms with E-state index in [9.17, 15) is 4.79 Å². The van der Waals surface area contributed by atoms with Crippen LogP contribution in [0.15, 0.2) is 24.3 Å². The minimum absolute atomic E-state index is 0.0593. The van der Waals surface area contributed by atoms with E-state index < -0.39 is 0 Å². The SMILES string of the molecule is O=C(C1CCCC1)N1CCO[C@H](Cc2ccccc2Cl)C1. The van der Waals surface area contributed by atoms with Crippen molar-refractivity contribution in [3.05, 3.63) is 34.9 Å². The third kappa shape index (κ3) is 3.58. The molecule has 0 radical (unpaired) electrons. The van der Waals surface area contributed by atoms with Crippen molar-refractivity contribution in [3.8, 4) is 0 Å². The largest absolute Gasteiger partial charge is 0.374 e. The number of hydrogen-bond donors (Lipinski definition) is 0. The summed E-state index contributed by atoms with van der Waals surface area (Å²) in [6, 6.07) is 7.86. The zero-order valence-electron chi connectivity index (χ0n) is 12.3. The van der Waals surface area contributed by atoms with Gasteiger partial charge in [-0.15, -0.1) is 0 Å². The van der Waals surface area contributed by atoms with Gasteiger partial charge in [0.05, 0.1) is 12.7 Å². The fourth-order valence-corrected chi connectivity index (χ4v) is 3.60. The van der Waals surface area contributed by atoms with Crippen LogP contribution in [0.2, 0.25) is 5.02 Å². The molecule has 1 aliphatic heterocycles. The molecule has 0 aromatic heterocycles. The van der Waals surface area contributed by atoms with E-state index in [0.29, 0.717) is 19.1 Å². The van der Waals surface area contributed by atoms with E-state index in [1.165, 1.54) is 12.8 Å². The first-order chi connectivity index (χ1) is 10.2. The van der Waals surface area contributed by atoms with Gasteiger partial charge in [-0.2, -0.15) is 0 Å². The third-order valence-electron chi connectivity index (χ3n) is 4.56. The second kappa shape index (κ2) is 6.80. The number of ether oxygens (including phenoxy) is 1. The van der Waals surface area contributed by atoms with E-state index in [0.717, 1.165) is 36.4 Å². The Labute approximate surface area is 131 Å². The summed E-state index contributed by atoms with van der Waals surface area (Å²) in [4.78, 5) is 14.5. The number of halogens is 1. The van der Waals surface area contributed by atoms with Crippen LogP contribution >= 0.6 is 11.6 Å². The fraction of sp³-hybridized carbons (Fsp3) is 0.588. The lowest BCUT2D eigenvalue weighted by Gasteiger charge is -2.34. The summed E-state index contributed by atoms with van der Waals surface area (Å²) in [5, 5.41) is 0.778. The van der Waals surface area contributed by atoms with Crippen molar-refractivity contribution in [2.45, 2.75) is 38.2 Å². The van der Waals surface area contributed by atoms with Crippen molar-refractivity contribution < 1.29 is 9.53 Å². The van der Waals surface area contributed by atoms with E-state index in [1.54, 1.807) is 0 Å². The van der Waals surface area contributed by atoms with Crippen molar-refractivity contribution in [3.63, 3.8) is 0 Å². The molecule has 21 heavy (non-hydrogen) atoms. The second-order valence-electron chi connectivity index (χ2n) is 6.05. The van der Waals surface area contributed by atoms with Gasteiger partial charge in [-0.1, -0.05) is 42.6 Å². The van der Waals surface area contributed by atoms with Crippen LogP contribution in [0.3, 0.4) is 0 Å². The molecule has 114 valence electrons. The third-order valence-corrected chi connectivity index (χ3v) is 4.93. The minimum Gasteiger partial charge on any atom is -0.374 e. The van der Waals surface area contributed by atoms with Gasteiger partial charge in [0, 0.05) is 30.5 Å². The predicted octanol–water partition coefficient (Wildman–Crippen LogP) is 3.30. The Balaban J connectivity index is 1.60. The zero-order valence-corrected chi connectivity index (χ0v) is 13.0. The highest BCUT2D eigenvalue weighted by molar-refractivity contribution is 6.31. The molecular weight excluding hydrogens is 286 g/mol. The van der Waals surface area contributed by atoms with Crippen molar-refractivity contribution in [1.29, 1.82) is 0 Å². The van der Waals surface area contributed by atoms with Crippen molar-refractivity contribution >= 4 is 17.5 Å². The molecule has 1 atom stereocenters. The van der Waals surface area contributed by atoms with Gasteiger partial charge < -0.3 is 9.64 Å². The maximum atomic E-state index is 12.5. The van der Waals surface area contributed by atoms with Gasteiger partial charge in [0.25, 0.3) is 0 Å². The van der Waals surface area contributed by atoms with Gasteiger partial charge >= 0.3 is 0 Å². The molecule has 1 aromatic carbocycles. The minimum atomic E-state index is 0.0593. The van der Waals surface area contributed by atoms with Crippen molar-refractivity contribution in [1.82, 2.24) is 4.90 Å². The first kappa shape index (κ1) is 14.9. The molecule has 1 aliphatic carbocycles. The summed E-state index contributed by atoms with van der Waals surface area (Å²) in [7, 11) is 0. The fourth-order valence-electron chi connectivity index (χ4n) is 3.38. The highest BCUT2D eigenvalue weighted by Gasteiger charge is 2.31. The summed E-state index contributed by atoms with van der Waals surface area (Å²) in [5.41, 5.74) is 1.10. The topological polar surface area (TPSA) is 29.5 Å². The van der Waals surface area contributed by atoms with Gasteiger partial charge in [-0.25, -0.2) is 0 Å². The Morgan fingerprint density at radius 3 is 2.81 bits per heavy atom. The van der Waals surface area contributed by atoms with Crippen molar-refractivity contribution in [2.24, 2.45) is 5.92 Å². The number of hydrogen-bond acceptors (Lipinski definition) is 2. The van der Waals surface area contributed by atoms with Crippen molar-refractivity contribution in [2.75, 3.05) is 19.7 Å². The highest BCUT2D eigenvalue weighted by Crippen LogP contribution is 2.27. The number of morpholine rings is 1. The average molecular weight is 308 g/mol. The Morgan fingerprint density at radius 1 is 1.29 bits per heavy atom. The van der Waals surface area contributed by atoms with Gasteiger partial charge in [0.15, 0.2) is 0 Å². The summed E-state index contributed by atoms with van der Waals surface area (Å²) in [5.74, 6) is 0.587. The van der Waals surface area contributed by atoms with E-state index in [2.05, 4.69) is 0 Å². The molecule has 2 aliphatic rings. The lowest BCUT2D eigenvalue weighted by atomic mass is 10.0. The van der Waals surface area contributed by atoms with Crippen LogP contribution in [-0.2, 0) is 16.0 Å². The summed E-state index contributed by atoms with van der Waals surface area (Å²) in [6.07, 6.45) is 5.35. The van der Waals surface area contributed by atoms with Gasteiger partial charge in [0.2, 0.25) is 5.91 Å². The quantitative estimate of drug-likeness (QED) is 0.857. The smallest absolute Gasteiger partial charge is 0.225 e. The standard InChI is InChI=1S/C17H22ClNO2/c18-16-8-4-3-7-14(16)11-15-12-19(9-10-21-15)17(20)13-5-1-2-6-13/h3-4,7-8,13,15H,1-2,5-6,9-12H2/t15-/m1/s1. The number of carbonyl (C=O) groups excluding carboxylic acids is 1. The van der Waals surface area contributed by atoms with Crippen LogP contribution in [0.4, 0.5) is 0 Å². The molecule has 1 saturated heterocycles. The predicted molar refractivity (Wildman–Crippen MR) is 83.4 cm³/mol. The van der Waals surface area contributed by atoms with E-state index in [4.69, 9.17) is 16.3 Å². The van der Waals surface area contributed by atoms with Crippen LogP contribution in [0.25, 0.3) is 0 Å². The van der Waals surface area contributed by atoms with Gasteiger partial charge in [0.1, 0.15) is 0 Å². The summed E-state index contributed by atoms with van der Waals surface area (Å²) in [6.45, 7) is 2.06. The lowest BCUT2D eigenvalue weighted by Crippen LogP contribution is -2.48. The Bertz CT molecular complexity index is 499. The Hall–Kier alpha value is -1.06. The molecule has 0 spiro atoms. The number of amides is 1. The van der Waals surface area contributed by atoms with E-state index in [-0.39, 0.29) is 12.0 Å². The maximum Gasteiger partial charge on any atom is 0.225 e.